The molecular weight excluding hydrogens is 1110 g/mol. The van der Waals surface area contributed by atoms with E-state index in [-0.39, 0.29) is 95.9 Å². The number of hydrogen-bond donors (Lipinski definition) is 0. The number of allylic oxidation sites excluding steroid dienone is 2. The topological polar surface area (TPSA) is 0 Å². The maximum absolute atomic E-state index is 3.36. The summed E-state index contributed by atoms with van der Waals surface area (Å²) < 4.78 is 0. The molecule has 2 fully saturated rings. The predicted octanol–water partition coefficient (Wildman–Crippen LogP) is 20.6. The van der Waals surface area contributed by atoms with E-state index < -0.39 is 37.5 Å². The first kappa shape index (κ1) is 99.5. The molecular formula is C53H146PtSi10. The SMILES string of the molecule is C.C.C.C.C.C.C.C.C=CC.C=CC.CCC[Si](C)(CCC)[Si](C)([Si](C)(CCC)CCC)[Si](C)(CCC)CCC.CCC[Si]1(C)CCCC1.C[SiH2][Si](C)([SiH2]C)[SiH2]C.C[SiH]1CCCC1.[Pt]. The van der Waals surface area contributed by atoms with Crippen molar-refractivity contribution in [3.05, 3.63) is 25.3 Å². The van der Waals surface area contributed by atoms with Gasteiger partial charge in [0.05, 0.1) is 8.07 Å². The quantitative estimate of drug-likeness (QED) is 0.0842. The molecule has 0 bridgehead atoms. The third-order valence-corrected chi connectivity index (χ3v) is 146. The van der Waals surface area contributed by atoms with E-state index in [2.05, 4.69) is 127 Å². The Kier molecular flexibility index (Phi) is 90.1. The van der Waals surface area contributed by atoms with Gasteiger partial charge in [-0.2, -0.15) is 0 Å². The van der Waals surface area contributed by atoms with Crippen molar-refractivity contribution < 1.29 is 21.1 Å². The molecule has 0 atom stereocenters. The summed E-state index contributed by atoms with van der Waals surface area (Å²) in [5.74, 6) is 0. The molecule has 0 aromatic heterocycles. The minimum Gasteiger partial charge on any atom is -0.103 e. The first-order chi connectivity index (χ1) is 25.8. The Morgan fingerprint density at radius 3 is 0.828 bits per heavy atom. The summed E-state index contributed by atoms with van der Waals surface area (Å²) in [6, 6.07) is 18.0. The fourth-order valence-corrected chi connectivity index (χ4v) is 131. The van der Waals surface area contributed by atoms with Gasteiger partial charge in [-0.1, -0.05) is 323 Å². The van der Waals surface area contributed by atoms with Crippen LogP contribution in [0.2, 0.25) is 132 Å². The second-order valence-corrected chi connectivity index (χ2v) is 104. The van der Waals surface area contributed by atoms with Crippen molar-refractivity contribution in [1.82, 2.24) is 0 Å². The predicted molar refractivity (Wildman–Crippen MR) is 355 cm³/mol. The Bertz CT molecular complexity index is 786. The Balaban J connectivity index is -0.0000000517. The van der Waals surface area contributed by atoms with Gasteiger partial charge in [-0.05, 0) is 13.8 Å². The van der Waals surface area contributed by atoms with Gasteiger partial charge in [-0.15, -0.1) is 13.2 Å². The van der Waals surface area contributed by atoms with Crippen LogP contribution in [0.4, 0.5) is 0 Å². The molecule has 0 amide bonds. The summed E-state index contributed by atoms with van der Waals surface area (Å²) in [4.78, 5) is 0. The third kappa shape index (κ3) is 38.1. The fraction of sp³-hybridized carbons (Fsp3) is 0.925. The molecule has 0 spiro atoms. The molecule has 0 nitrogen and oxygen atoms in total. The van der Waals surface area contributed by atoms with Crippen LogP contribution < -0.4 is 0 Å². The summed E-state index contributed by atoms with van der Waals surface area (Å²) in [7, 11) is -2.64. The van der Waals surface area contributed by atoms with Crippen molar-refractivity contribution in [2.45, 2.75) is 324 Å². The first-order valence-electron chi connectivity index (χ1n) is 24.9. The Morgan fingerprint density at radius 2 is 0.703 bits per heavy atom. The van der Waals surface area contributed by atoms with E-state index in [0.717, 1.165) is 0 Å². The molecule has 2 heterocycles. The molecule has 0 aromatic carbocycles. The smallest absolute Gasteiger partial charge is 0.0504 e. The normalized spacial score (nSPS) is 14.8. The van der Waals surface area contributed by atoms with E-state index in [4.69, 9.17) is 0 Å². The van der Waals surface area contributed by atoms with Gasteiger partial charge in [0.25, 0.3) is 0 Å². The molecule has 0 unspecified atom stereocenters. The molecule has 64 heavy (non-hydrogen) atoms. The van der Waals surface area contributed by atoms with E-state index in [1.807, 2.05) is 13.8 Å². The van der Waals surface area contributed by atoms with Crippen LogP contribution in [-0.4, -0.2) is 80.0 Å². The van der Waals surface area contributed by atoms with Crippen molar-refractivity contribution >= 4 is 80.0 Å². The van der Waals surface area contributed by atoms with Crippen molar-refractivity contribution in [3.8, 4) is 0 Å². The number of hydrogen-bond acceptors (Lipinski definition) is 0. The van der Waals surface area contributed by atoms with Gasteiger partial charge in [0.15, 0.2) is 0 Å². The molecule has 2 rings (SSSR count). The average Bonchev–Trinajstić information content (AvgIpc) is 3.80. The Morgan fingerprint density at radius 1 is 0.484 bits per heavy atom. The van der Waals surface area contributed by atoms with E-state index in [1.165, 1.54) is 44.9 Å². The monoisotopic (exact) mass is 1260 g/mol. The van der Waals surface area contributed by atoms with Gasteiger partial charge >= 0.3 is 0 Å². The van der Waals surface area contributed by atoms with E-state index in [0.29, 0.717) is 27.1 Å². The van der Waals surface area contributed by atoms with Gasteiger partial charge in [-0.25, -0.2) is 0 Å². The van der Waals surface area contributed by atoms with Crippen LogP contribution in [0.15, 0.2) is 25.3 Å². The second kappa shape index (κ2) is 57.9. The van der Waals surface area contributed by atoms with E-state index >= 15 is 0 Å². The largest absolute Gasteiger partial charge is 0.103 e. The Hall–Kier alpha value is 2.34. The van der Waals surface area contributed by atoms with Gasteiger partial charge in [0, 0.05) is 93.0 Å². The van der Waals surface area contributed by atoms with Gasteiger partial charge in [0.1, 0.15) is 0 Å². The standard InChI is InChI=1S/C22H54Si4.C8H18Si.C5H12Si.C4H18Si4.2C3H6.8CH4.Pt/c1-11-17-23(7,18-12-2)26(10,24(8,19-13-3)20-14-4)25(9,21-15-5)22-16-6;1-3-6-9(2)7-4-5-8-9;1-6-4-2-3-5-6;1-5-8(4,6-2)7-3;2*1-3-2;;;;;;;;;/h11-22H2,1-10H3;3-8H2,1-2H3;6H,2-5H2,1H3;5-7H2,1-4H3;2*3H,1H2,2H3;8*1H4;. The van der Waals surface area contributed by atoms with Crippen LogP contribution >= 0.6 is 0 Å². The van der Waals surface area contributed by atoms with Gasteiger partial charge < -0.3 is 0 Å². The van der Waals surface area contributed by atoms with Crippen LogP contribution in [0.5, 0.6) is 0 Å². The molecule has 2 aliphatic rings. The van der Waals surface area contributed by atoms with Crippen LogP contribution in [0.25, 0.3) is 0 Å². The summed E-state index contributed by atoms with van der Waals surface area (Å²) in [6.45, 7) is 53.6. The molecule has 2 aliphatic heterocycles. The molecule has 408 valence electrons. The van der Waals surface area contributed by atoms with Gasteiger partial charge in [0.2, 0.25) is 0 Å². The minimum atomic E-state index is -1.22. The number of rotatable bonds is 20. The summed E-state index contributed by atoms with van der Waals surface area (Å²) in [5.41, 5.74) is 0. The first-order valence-corrected chi connectivity index (χ1v) is 58.8. The molecule has 0 N–H and O–H groups in total. The maximum Gasteiger partial charge on any atom is 0.0504 e. The molecule has 0 aromatic rings. The molecule has 0 radical (unpaired) electrons. The van der Waals surface area contributed by atoms with Crippen LogP contribution in [0, 0.1) is 0 Å². The maximum atomic E-state index is 3.36. The van der Waals surface area contributed by atoms with Crippen LogP contribution in [0.3, 0.4) is 0 Å². The van der Waals surface area contributed by atoms with Gasteiger partial charge in [-0.3, -0.25) is 0 Å². The zero-order valence-electron chi connectivity index (χ0n) is 43.1. The van der Waals surface area contributed by atoms with Crippen LogP contribution in [-0.2, 0) is 21.1 Å². The van der Waals surface area contributed by atoms with Crippen molar-refractivity contribution in [1.29, 1.82) is 0 Å². The molecule has 11 heteroatoms. The Labute approximate surface area is 447 Å². The zero-order valence-corrected chi connectivity index (χ0v) is 56.8. The third-order valence-electron chi connectivity index (χ3n) is 15.3. The second-order valence-electron chi connectivity index (χ2n) is 20.2. The fourth-order valence-electron chi connectivity index (χ4n) is 11.3. The minimum absolute atomic E-state index is 0. The zero-order chi connectivity index (χ0) is 43.7. The van der Waals surface area contributed by atoms with Crippen molar-refractivity contribution in [2.24, 2.45) is 0 Å². The summed E-state index contributed by atoms with van der Waals surface area (Å²) in [6.07, 6.45) is 19.9. The van der Waals surface area contributed by atoms with Crippen molar-refractivity contribution in [2.75, 3.05) is 0 Å². The van der Waals surface area contributed by atoms with Crippen LogP contribution in [0.1, 0.15) is 192 Å². The average molecular weight is 1260 g/mol. The summed E-state index contributed by atoms with van der Waals surface area (Å²) in [5, 5.41) is 0. The van der Waals surface area contributed by atoms with Crippen molar-refractivity contribution in [3.63, 3.8) is 0 Å². The summed E-state index contributed by atoms with van der Waals surface area (Å²) >= 11 is 0. The van der Waals surface area contributed by atoms with E-state index in [9.17, 15) is 0 Å². The molecule has 0 saturated carbocycles. The van der Waals surface area contributed by atoms with E-state index in [1.54, 1.807) is 104 Å². The molecule has 2 saturated heterocycles. The molecule has 0 aliphatic carbocycles.